The van der Waals surface area contributed by atoms with Crippen molar-refractivity contribution in [2.45, 2.75) is 37.6 Å². The zero-order chi connectivity index (χ0) is 18.2. The minimum Gasteiger partial charge on any atom is -0.447 e. The standard InChI is InChI=1S/C19H15FN4O2/c20-12-5-3-4-11(8-12)14-18(10-22)16-24-15(23)17(18,9-21)13-6-1-2-7-19(13,25-14)26-16/h3-5,8,13-14,23H,1-2,6-7H2/t13-,14-,17+,18+,19-/m0/s1. The molecule has 1 saturated carbocycles. The summed E-state index contributed by atoms with van der Waals surface area (Å²) in [6, 6.07) is 10.3. The second-order valence-corrected chi connectivity index (χ2v) is 7.37. The van der Waals surface area contributed by atoms with Gasteiger partial charge >= 0.3 is 0 Å². The average molecular weight is 350 g/mol. The van der Waals surface area contributed by atoms with Crippen molar-refractivity contribution in [3.05, 3.63) is 35.6 Å². The zero-order valence-corrected chi connectivity index (χ0v) is 13.8. The van der Waals surface area contributed by atoms with Crippen LogP contribution in [-0.2, 0) is 9.47 Å². The van der Waals surface area contributed by atoms with E-state index < -0.39 is 34.5 Å². The molecule has 5 aliphatic rings. The van der Waals surface area contributed by atoms with Crippen LogP contribution in [0.2, 0.25) is 0 Å². The number of hydrogen-bond acceptors (Lipinski definition) is 5. The molecule has 5 atom stereocenters. The molecule has 6 rings (SSSR count). The summed E-state index contributed by atoms with van der Waals surface area (Å²) < 4.78 is 26.3. The highest BCUT2D eigenvalue weighted by molar-refractivity contribution is 6.12. The number of ether oxygens (including phenoxy) is 2. The van der Waals surface area contributed by atoms with Gasteiger partial charge < -0.3 is 9.47 Å². The summed E-state index contributed by atoms with van der Waals surface area (Å²) in [5.74, 6) is -2.05. The fourth-order valence-electron chi connectivity index (χ4n) is 5.30. The van der Waals surface area contributed by atoms with Gasteiger partial charge in [-0.05, 0) is 30.5 Å². The third-order valence-corrected chi connectivity index (χ3v) is 6.35. The van der Waals surface area contributed by atoms with Gasteiger partial charge in [-0.3, -0.25) is 5.41 Å². The van der Waals surface area contributed by atoms with Gasteiger partial charge in [0.25, 0.3) is 0 Å². The molecule has 4 aliphatic heterocycles. The van der Waals surface area contributed by atoms with Gasteiger partial charge in [0.05, 0.1) is 18.1 Å². The molecular weight excluding hydrogens is 335 g/mol. The number of fused-ring (bicyclic) bond motifs is 1. The number of rotatable bonds is 1. The van der Waals surface area contributed by atoms with E-state index in [1.54, 1.807) is 12.1 Å². The maximum absolute atomic E-state index is 13.9. The summed E-state index contributed by atoms with van der Waals surface area (Å²) in [5.41, 5.74) is -2.55. The monoisotopic (exact) mass is 350 g/mol. The van der Waals surface area contributed by atoms with Crippen molar-refractivity contribution >= 4 is 11.7 Å². The minimum absolute atomic E-state index is 0.0743. The Hall–Kier alpha value is -2.77. The predicted octanol–water partition coefficient (Wildman–Crippen LogP) is 3.22. The molecule has 1 spiro atoms. The molecule has 4 bridgehead atoms. The Bertz CT molecular complexity index is 963. The molecule has 130 valence electrons. The maximum atomic E-state index is 13.9. The topological polar surface area (TPSA) is 102 Å². The summed E-state index contributed by atoms with van der Waals surface area (Å²) in [7, 11) is 0. The van der Waals surface area contributed by atoms with Crippen molar-refractivity contribution in [2.24, 2.45) is 21.7 Å². The van der Waals surface area contributed by atoms with E-state index in [0.29, 0.717) is 18.4 Å². The van der Waals surface area contributed by atoms with Crippen LogP contribution in [0.4, 0.5) is 4.39 Å². The number of amidine groups is 1. The molecule has 7 heteroatoms. The fraction of sp³-hybridized carbons (Fsp3) is 0.474. The molecule has 0 aromatic heterocycles. The Morgan fingerprint density at radius 2 is 2.04 bits per heavy atom. The molecule has 1 N–H and O–H groups in total. The van der Waals surface area contributed by atoms with E-state index in [-0.39, 0.29) is 11.7 Å². The first-order chi connectivity index (χ1) is 12.5. The van der Waals surface area contributed by atoms with Crippen molar-refractivity contribution < 1.29 is 13.9 Å². The molecule has 0 radical (unpaired) electrons. The molecule has 1 aliphatic carbocycles. The van der Waals surface area contributed by atoms with Crippen molar-refractivity contribution in [1.29, 1.82) is 15.9 Å². The summed E-state index contributed by atoms with van der Waals surface area (Å²) >= 11 is 0. The van der Waals surface area contributed by atoms with Gasteiger partial charge in [-0.1, -0.05) is 18.6 Å². The number of nitrogens with zero attached hydrogens (tertiary/aromatic N) is 3. The Labute approximate surface area is 149 Å². The molecule has 6 nitrogen and oxygen atoms in total. The Balaban J connectivity index is 1.82. The molecule has 4 heterocycles. The van der Waals surface area contributed by atoms with Crippen LogP contribution < -0.4 is 0 Å². The SMILES string of the molecule is N#C[C@]12C(=N)N=C3O[C@]4(CCCC[C@H]41)O[C@@H](c1cccc(F)c1)[C@]32C#N. The Morgan fingerprint density at radius 3 is 2.77 bits per heavy atom. The summed E-state index contributed by atoms with van der Waals surface area (Å²) in [6.07, 6.45) is 2.00. The second kappa shape index (κ2) is 4.69. The average Bonchev–Trinajstić information content (AvgIpc) is 2.84. The Kier molecular flexibility index (Phi) is 2.79. The van der Waals surface area contributed by atoms with Gasteiger partial charge in [-0.2, -0.15) is 15.5 Å². The van der Waals surface area contributed by atoms with Crippen LogP contribution in [-0.4, -0.2) is 17.5 Å². The smallest absolute Gasteiger partial charge is 0.218 e. The highest BCUT2D eigenvalue weighted by atomic mass is 19.1. The number of halogens is 1. The number of hydrogen-bond donors (Lipinski definition) is 1. The van der Waals surface area contributed by atoms with Crippen LogP contribution in [0.25, 0.3) is 0 Å². The quantitative estimate of drug-likeness (QED) is 0.840. The van der Waals surface area contributed by atoms with Gasteiger partial charge in [-0.25, -0.2) is 4.39 Å². The number of nitrogens with one attached hydrogen (secondary N) is 1. The summed E-state index contributed by atoms with van der Waals surface area (Å²) in [5, 5.41) is 28.9. The predicted molar refractivity (Wildman–Crippen MR) is 87.3 cm³/mol. The summed E-state index contributed by atoms with van der Waals surface area (Å²) in [6.45, 7) is 0. The van der Waals surface area contributed by atoms with Gasteiger partial charge in [0.1, 0.15) is 17.8 Å². The van der Waals surface area contributed by atoms with E-state index in [4.69, 9.17) is 14.9 Å². The molecule has 1 aromatic rings. The van der Waals surface area contributed by atoms with Crippen LogP contribution in [0.1, 0.15) is 37.4 Å². The third kappa shape index (κ3) is 1.42. The number of benzene rings is 1. The van der Waals surface area contributed by atoms with Crippen LogP contribution in [0.5, 0.6) is 0 Å². The van der Waals surface area contributed by atoms with Crippen LogP contribution in [0, 0.1) is 50.6 Å². The van der Waals surface area contributed by atoms with Crippen LogP contribution in [0.3, 0.4) is 0 Å². The highest BCUT2D eigenvalue weighted by Gasteiger charge is 2.83. The molecule has 4 fully saturated rings. The van der Waals surface area contributed by atoms with Crippen LogP contribution in [0.15, 0.2) is 29.3 Å². The van der Waals surface area contributed by atoms with Crippen LogP contribution >= 0.6 is 0 Å². The van der Waals surface area contributed by atoms with E-state index in [2.05, 4.69) is 17.1 Å². The van der Waals surface area contributed by atoms with Crippen molar-refractivity contribution in [3.8, 4) is 12.1 Å². The third-order valence-electron chi connectivity index (χ3n) is 6.35. The van der Waals surface area contributed by atoms with E-state index in [1.165, 1.54) is 12.1 Å². The first-order valence-corrected chi connectivity index (χ1v) is 8.67. The molecule has 1 aromatic carbocycles. The molecule has 0 amide bonds. The van der Waals surface area contributed by atoms with Gasteiger partial charge in [-0.15, -0.1) is 0 Å². The largest absolute Gasteiger partial charge is 0.447 e. The Morgan fingerprint density at radius 1 is 1.23 bits per heavy atom. The lowest BCUT2D eigenvalue weighted by Gasteiger charge is -2.63. The van der Waals surface area contributed by atoms with Gasteiger partial charge in [0.15, 0.2) is 10.8 Å². The van der Waals surface area contributed by atoms with Crippen molar-refractivity contribution in [2.75, 3.05) is 0 Å². The normalized spacial score (nSPS) is 42.3. The van der Waals surface area contributed by atoms with E-state index in [9.17, 15) is 14.9 Å². The zero-order valence-electron chi connectivity index (χ0n) is 13.8. The highest BCUT2D eigenvalue weighted by Crippen LogP contribution is 2.72. The second-order valence-electron chi connectivity index (χ2n) is 7.37. The number of aliphatic imine (C=N–C) groups is 1. The fourth-order valence-corrected chi connectivity index (χ4v) is 5.30. The first-order valence-electron chi connectivity index (χ1n) is 8.67. The van der Waals surface area contributed by atoms with E-state index in [1.807, 2.05) is 0 Å². The lowest BCUT2D eigenvalue weighted by molar-refractivity contribution is -0.355. The molecule has 26 heavy (non-hydrogen) atoms. The summed E-state index contributed by atoms with van der Waals surface area (Å²) in [4.78, 5) is 4.20. The lowest BCUT2D eigenvalue weighted by atomic mass is 9.48. The van der Waals surface area contributed by atoms with E-state index in [0.717, 1.165) is 12.8 Å². The van der Waals surface area contributed by atoms with Gasteiger partial charge in [0, 0.05) is 6.42 Å². The molecule has 3 saturated heterocycles. The number of nitriles is 2. The van der Waals surface area contributed by atoms with Crippen molar-refractivity contribution in [3.63, 3.8) is 0 Å². The van der Waals surface area contributed by atoms with Gasteiger partial charge in [0.2, 0.25) is 11.7 Å². The minimum atomic E-state index is -1.57. The van der Waals surface area contributed by atoms with Crippen molar-refractivity contribution in [1.82, 2.24) is 0 Å². The maximum Gasteiger partial charge on any atom is 0.218 e. The molecule has 0 unspecified atom stereocenters. The lowest BCUT2D eigenvalue weighted by Crippen LogP contribution is -2.72. The molecular formula is C19H15FN4O2. The first kappa shape index (κ1) is 15.5. The van der Waals surface area contributed by atoms with E-state index >= 15 is 0 Å².